The maximum atomic E-state index is 12.5. The Kier molecular flexibility index (Phi) is 5.84. The topological polar surface area (TPSA) is 88.5 Å². The summed E-state index contributed by atoms with van der Waals surface area (Å²) in [7, 11) is 0. The fourth-order valence-electron chi connectivity index (χ4n) is 3.51. The summed E-state index contributed by atoms with van der Waals surface area (Å²) >= 11 is 1.44. The van der Waals surface area contributed by atoms with E-state index in [1.807, 2.05) is 0 Å². The maximum Gasteiger partial charge on any atom is 0.308 e. The fraction of sp³-hybridized carbons (Fsp3) is 0.706. The Labute approximate surface area is 145 Å². The van der Waals surface area contributed by atoms with E-state index in [4.69, 9.17) is 4.74 Å². The highest BCUT2D eigenvalue weighted by atomic mass is 32.1. The van der Waals surface area contributed by atoms with Crippen molar-refractivity contribution in [1.29, 1.82) is 0 Å². The summed E-state index contributed by atoms with van der Waals surface area (Å²) in [6.45, 7) is 0.744. The largest absolute Gasteiger partial charge is 0.481 e. The molecule has 3 atom stereocenters. The Hall–Kier alpha value is -1.47. The van der Waals surface area contributed by atoms with Crippen molar-refractivity contribution >= 4 is 23.2 Å². The number of nitrogens with one attached hydrogen (secondary N) is 1. The normalized spacial score (nSPS) is 28.1. The highest BCUT2D eigenvalue weighted by Gasteiger charge is 2.31. The van der Waals surface area contributed by atoms with Gasteiger partial charge in [-0.2, -0.15) is 0 Å². The molecule has 2 aliphatic rings. The van der Waals surface area contributed by atoms with Crippen LogP contribution < -0.4 is 5.32 Å². The predicted octanol–water partition coefficient (Wildman–Crippen LogP) is 3.15. The van der Waals surface area contributed by atoms with Crippen molar-refractivity contribution in [2.75, 3.05) is 6.61 Å². The van der Waals surface area contributed by atoms with Gasteiger partial charge in [-0.3, -0.25) is 9.59 Å². The van der Waals surface area contributed by atoms with Crippen molar-refractivity contribution in [2.24, 2.45) is 5.92 Å². The van der Waals surface area contributed by atoms with E-state index < -0.39 is 11.9 Å². The molecule has 132 valence electrons. The second kappa shape index (κ2) is 8.07. The second-order valence-electron chi connectivity index (χ2n) is 6.59. The number of aliphatic carboxylic acids is 1. The summed E-state index contributed by atoms with van der Waals surface area (Å²) < 4.78 is 5.60. The number of ether oxygens (including phenoxy) is 1. The van der Waals surface area contributed by atoms with Crippen LogP contribution in [0.2, 0.25) is 0 Å². The summed E-state index contributed by atoms with van der Waals surface area (Å²) in [4.78, 5) is 28.5. The van der Waals surface area contributed by atoms with Gasteiger partial charge in [0.25, 0.3) is 5.91 Å². The minimum Gasteiger partial charge on any atom is -0.481 e. The van der Waals surface area contributed by atoms with Gasteiger partial charge in [0.15, 0.2) is 0 Å². The van der Waals surface area contributed by atoms with Gasteiger partial charge >= 0.3 is 5.97 Å². The molecule has 0 aromatic carbocycles. The lowest BCUT2D eigenvalue weighted by molar-refractivity contribution is -0.143. The molecule has 1 aliphatic heterocycles. The van der Waals surface area contributed by atoms with E-state index in [1.54, 1.807) is 5.38 Å². The first-order valence-electron chi connectivity index (χ1n) is 8.76. The Morgan fingerprint density at radius 1 is 1.17 bits per heavy atom. The summed E-state index contributed by atoms with van der Waals surface area (Å²) in [5, 5.41) is 15.0. The van der Waals surface area contributed by atoms with Crippen LogP contribution in [-0.4, -0.2) is 34.6 Å². The average molecular weight is 352 g/mol. The van der Waals surface area contributed by atoms with Gasteiger partial charge in [-0.1, -0.05) is 25.7 Å². The van der Waals surface area contributed by atoms with E-state index in [2.05, 4.69) is 10.3 Å². The summed E-state index contributed by atoms with van der Waals surface area (Å²) in [5.74, 6) is -1.60. The zero-order chi connectivity index (χ0) is 16.9. The van der Waals surface area contributed by atoms with Crippen LogP contribution in [0.15, 0.2) is 5.38 Å². The third-order valence-electron chi connectivity index (χ3n) is 4.86. The second-order valence-corrected chi connectivity index (χ2v) is 7.48. The van der Waals surface area contributed by atoms with Crippen LogP contribution >= 0.6 is 11.3 Å². The number of hydrogen-bond donors (Lipinski definition) is 2. The number of hydrogen-bond acceptors (Lipinski definition) is 5. The van der Waals surface area contributed by atoms with E-state index in [0.717, 1.165) is 50.1 Å². The first-order valence-corrected chi connectivity index (χ1v) is 9.64. The number of carboxylic acids is 1. The van der Waals surface area contributed by atoms with Crippen molar-refractivity contribution in [3.05, 3.63) is 16.1 Å². The van der Waals surface area contributed by atoms with Crippen LogP contribution in [-0.2, 0) is 9.53 Å². The van der Waals surface area contributed by atoms with E-state index in [1.165, 1.54) is 11.3 Å². The smallest absolute Gasteiger partial charge is 0.308 e. The van der Waals surface area contributed by atoms with Gasteiger partial charge in [0.1, 0.15) is 16.8 Å². The Bertz CT molecular complexity index is 583. The third-order valence-corrected chi connectivity index (χ3v) is 5.80. The Balaban J connectivity index is 1.66. The highest BCUT2D eigenvalue weighted by molar-refractivity contribution is 7.09. The van der Waals surface area contributed by atoms with Gasteiger partial charge in [0.2, 0.25) is 0 Å². The molecular weight excluding hydrogens is 328 g/mol. The summed E-state index contributed by atoms with van der Waals surface area (Å²) in [5.41, 5.74) is 0.372. The number of carboxylic acid groups (broad SMARTS) is 1. The van der Waals surface area contributed by atoms with Crippen molar-refractivity contribution in [2.45, 2.75) is 63.5 Å². The molecule has 1 saturated carbocycles. The van der Waals surface area contributed by atoms with Crippen LogP contribution in [0.5, 0.6) is 0 Å². The molecule has 3 unspecified atom stereocenters. The van der Waals surface area contributed by atoms with Crippen LogP contribution in [0, 0.1) is 5.92 Å². The number of carbonyl (C=O) groups excluding carboxylic acids is 1. The summed E-state index contributed by atoms with van der Waals surface area (Å²) in [6, 6.07) is -0.316. The lowest BCUT2D eigenvalue weighted by atomic mass is 9.86. The first-order chi connectivity index (χ1) is 11.6. The van der Waals surface area contributed by atoms with Crippen molar-refractivity contribution < 1.29 is 19.4 Å². The fourth-order valence-corrected chi connectivity index (χ4v) is 4.39. The van der Waals surface area contributed by atoms with E-state index in [-0.39, 0.29) is 18.1 Å². The number of aromatic nitrogens is 1. The predicted molar refractivity (Wildman–Crippen MR) is 90.1 cm³/mol. The quantitative estimate of drug-likeness (QED) is 0.869. The number of thiazole rings is 1. The van der Waals surface area contributed by atoms with Crippen LogP contribution in [0.4, 0.5) is 0 Å². The average Bonchev–Trinajstić information content (AvgIpc) is 3.19. The molecule has 0 spiro atoms. The Morgan fingerprint density at radius 2 is 1.96 bits per heavy atom. The molecule has 6 nitrogen and oxygen atoms in total. The number of carbonyl (C=O) groups is 2. The van der Waals surface area contributed by atoms with Gasteiger partial charge in [-0.25, -0.2) is 4.98 Å². The SMILES string of the molecule is O=C(NC1CCCCCCC1C(=O)O)c1csc(C2CCCO2)n1. The maximum absolute atomic E-state index is 12.5. The molecule has 7 heteroatoms. The molecule has 2 fully saturated rings. The third kappa shape index (κ3) is 4.13. The molecule has 0 radical (unpaired) electrons. The van der Waals surface area contributed by atoms with Crippen molar-refractivity contribution in [1.82, 2.24) is 10.3 Å². The lowest BCUT2D eigenvalue weighted by Gasteiger charge is -2.27. The van der Waals surface area contributed by atoms with E-state index in [9.17, 15) is 14.7 Å². The lowest BCUT2D eigenvalue weighted by Crippen LogP contribution is -2.44. The molecule has 1 saturated heterocycles. The van der Waals surface area contributed by atoms with Crippen LogP contribution in [0.25, 0.3) is 0 Å². The summed E-state index contributed by atoms with van der Waals surface area (Å²) in [6.07, 6.45) is 7.33. The molecular formula is C17H24N2O4S. The minimum atomic E-state index is -0.819. The number of amides is 1. The zero-order valence-corrected chi connectivity index (χ0v) is 14.5. The van der Waals surface area contributed by atoms with Crippen LogP contribution in [0.1, 0.15) is 73.0 Å². The molecule has 1 aliphatic carbocycles. The van der Waals surface area contributed by atoms with Crippen LogP contribution in [0.3, 0.4) is 0 Å². The first kappa shape index (κ1) is 17.4. The molecule has 1 amide bonds. The molecule has 2 N–H and O–H groups in total. The van der Waals surface area contributed by atoms with Gasteiger partial charge in [-0.15, -0.1) is 11.3 Å². The van der Waals surface area contributed by atoms with Gasteiger partial charge in [0.05, 0.1) is 5.92 Å². The molecule has 0 bridgehead atoms. The van der Waals surface area contributed by atoms with E-state index in [0.29, 0.717) is 18.5 Å². The standard InChI is InChI=1S/C17H24N2O4S/c20-15(13-10-24-16(19-13)14-8-5-9-23-14)18-12-7-4-2-1-3-6-11(12)17(21)22/h10-12,14H,1-9H2,(H,18,20)(H,21,22). The van der Waals surface area contributed by atoms with Gasteiger partial charge in [0, 0.05) is 18.0 Å². The van der Waals surface area contributed by atoms with Gasteiger partial charge in [-0.05, 0) is 25.7 Å². The number of nitrogens with zero attached hydrogens (tertiary/aromatic N) is 1. The molecule has 2 heterocycles. The van der Waals surface area contributed by atoms with Crippen molar-refractivity contribution in [3.8, 4) is 0 Å². The van der Waals surface area contributed by atoms with Crippen molar-refractivity contribution in [3.63, 3.8) is 0 Å². The number of rotatable bonds is 4. The monoisotopic (exact) mass is 352 g/mol. The Morgan fingerprint density at radius 3 is 2.67 bits per heavy atom. The van der Waals surface area contributed by atoms with E-state index >= 15 is 0 Å². The highest BCUT2D eigenvalue weighted by Crippen LogP contribution is 2.30. The zero-order valence-electron chi connectivity index (χ0n) is 13.7. The molecule has 24 heavy (non-hydrogen) atoms. The molecule has 1 aromatic heterocycles. The molecule has 1 aromatic rings. The molecule has 3 rings (SSSR count). The van der Waals surface area contributed by atoms with Gasteiger partial charge < -0.3 is 15.2 Å². The minimum absolute atomic E-state index is 0.00436.